The second-order valence-corrected chi connectivity index (χ2v) is 14.2. The molecule has 10 heteroatoms. The molecule has 2 fully saturated rings. The maximum absolute atomic E-state index is 14.2. The lowest BCUT2D eigenvalue weighted by atomic mass is 9.70. The number of hydrogen-bond acceptors (Lipinski definition) is 6. The maximum atomic E-state index is 14.2. The fourth-order valence-electron chi connectivity index (χ4n) is 6.57. The highest BCUT2D eigenvalue weighted by Crippen LogP contribution is 2.44. The number of ether oxygens (including phenoxy) is 2. The molecule has 0 atom stereocenters. The minimum atomic E-state index is -0.999. The van der Waals surface area contributed by atoms with Crippen LogP contribution in [0.5, 0.6) is 0 Å². The van der Waals surface area contributed by atoms with Gasteiger partial charge in [0.25, 0.3) is 0 Å². The molecule has 3 N–H and O–H groups in total. The summed E-state index contributed by atoms with van der Waals surface area (Å²) in [6.07, 6.45) is 3.62. The molecule has 2 aromatic carbocycles. The van der Waals surface area contributed by atoms with Crippen molar-refractivity contribution in [3.8, 4) is 22.4 Å². The number of rotatable bonds is 8. The van der Waals surface area contributed by atoms with Crippen LogP contribution in [-0.2, 0) is 19.8 Å². The number of halogens is 1. The summed E-state index contributed by atoms with van der Waals surface area (Å²) >= 11 is 0. The Labute approximate surface area is 276 Å². The van der Waals surface area contributed by atoms with E-state index in [2.05, 4.69) is 16.0 Å². The van der Waals surface area contributed by atoms with E-state index in [9.17, 15) is 18.8 Å². The molecular formula is C37H45FN4O5. The third-order valence-electron chi connectivity index (χ3n) is 9.12. The highest BCUT2D eigenvalue weighted by atomic mass is 19.1. The van der Waals surface area contributed by atoms with Gasteiger partial charge in [0.1, 0.15) is 11.8 Å². The highest BCUT2D eigenvalue weighted by molar-refractivity contribution is 5.93. The predicted molar refractivity (Wildman–Crippen MR) is 179 cm³/mol. The van der Waals surface area contributed by atoms with Crippen molar-refractivity contribution in [2.45, 2.75) is 95.5 Å². The van der Waals surface area contributed by atoms with E-state index in [4.69, 9.17) is 14.5 Å². The van der Waals surface area contributed by atoms with Crippen molar-refractivity contribution in [2.24, 2.45) is 5.92 Å². The fraction of sp³-hybridized carbons (Fsp3) is 0.459. The zero-order chi connectivity index (χ0) is 33.8. The molecule has 0 bridgehead atoms. The molecule has 47 heavy (non-hydrogen) atoms. The monoisotopic (exact) mass is 644 g/mol. The Kier molecular flexibility index (Phi) is 9.89. The van der Waals surface area contributed by atoms with Crippen LogP contribution >= 0.6 is 0 Å². The van der Waals surface area contributed by atoms with Gasteiger partial charge in [-0.1, -0.05) is 54.6 Å². The SMILES string of the molecule is COC(=O)NC1(C)CCC(CC(=O)Nc2cnc(-c3ccc(C4(NC(=O)OC(C)(C)C)CC(F)C4)cc3)c(-c3ccccc3)c2)CC1. The average molecular weight is 645 g/mol. The van der Waals surface area contributed by atoms with E-state index in [0.29, 0.717) is 12.1 Å². The molecule has 1 aromatic heterocycles. The summed E-state index contributed by atoms with van der Waals surface area (Å²) in [4.78, 5) is 42.2. The fourth-order valence-corrected chi connectivity index (χ4v) is 6.57. The zero-order valence-electron chi connectivity index (χ0n) is 27.8. The number of anilines is 1. The Morgan fingerprint density at radius 2 is 1.60 bits per heavy atom. The minimum absolute atomic E-state index is 0.0769. The van der Waals surface area contributed by atoms with Gasteiger partial charge in [0.15, 0.2) is 0 Å². The van der Waals surface area contributed by atoms with E-state index in [1.54, 1.807) is 27.0 Å². The molecule has 0 radical (unpaired) electrons. The number of benzene rings is 2. The molecular weight excluding hydrogens is 599 g/mol. The van der Waals surface area contributed by atoms with E-state index >= 15 is 0 Å². The van der Waals surface area contributed by atoms with Crippen molar-refractivity contribution in [2.75, 3.05) is 12.4 Å². The first-order valence-corrected chi connectivity index (χ1v) is 16.2. The summed E-state index contributed by atoms with van der Waals surface area (Å²) in [7, 11) is 1.36. The largest absolute Gasteiger partial charge is 0.453 e. The van der Waals surface area contributed by atoms with Crippen molar-refractivity contribution in [3.63, 3.8) is 0 Å². The van der Waals surface area contributed by atoms with Gasteiger partial charge < -0.3 is 25.4 Å². The molecule has 250 valence electrons. The zero-order valence-corrected chi connectivity index (χ0v) is 27.8. The van der Waals surface area contributed by atoms with Gasteiger partial charge in [-0.25, -0.2) is 14.0 Å². The molecule has 1 heterocycles. The van der Waals surface area contributed by atoms with Crippen LogP contribution in [0.3, 0.4) is 0 Å². The molecule has 0 aliphatic heterocycles. The first kappa shape index (κ1) is 33.9. The van der Waals surface area contributed by atoms with E-state index in [-0.39, 0.29) is 30.2 Å². The second kappa shape index (κ2) is 13.7. The smallest absolute Gasteiger partial charge is 0.408 e. The van der Waals surface area contributed by atoms with Gasteiger partial charge in [0, 0.05) is 35.9 Å². The van der Waals surface area contributed by atoms with Crippen molar-refractivity contribution in [1.29, 1.82) is 0 Å². The van der Waals surface area contributed by atoms with Crippen LogP contribution in [-0.4, -0.2) is 47.5 Å². The highest BCUT2D eigenvalue weighted by Gasteiger charge is 2.48. The summed E-state index contributed by atoms with van der Waals surface area (Å²) in [5.41, 5.74) is 2.96. The number of carbonyl (C=O) groups is 3. The van der Waals surface area contributed by atoms with Gasteiger partial charge in [-0.05, 0) is 76.5 Å². The Balaban J connectivity index is 1.31. The quantitative estimate of drug-likeness (QED) is 0.229. The molecule has 3 amide bonds. The Bertz CT molecular complexity index is 1570. The summed E-state index contributed by atoms with van der Waals surface area (Å²) < 4.78 is 24.4. The van der Waals surface area contributed by atoms with E-state index in [0.717, 1.165) is 53.6 Å². The van der Waals surface area contributed by atoms with Gasteiger partial charge in [0.2, 0.25) is 5.91 Å². The van der Waals surface area contributed by atoms with Gasteiger partial charge in [-0.15, -0.1) is 0 Å². The van der Waals surface area contributed by atoms with Crippen LogP contribution < -0.4 is 16.0 Å². The number of alkyl halides is 1. The van der Waals surface area contributed by atoms with Crippen LogP contribution in [0.25, 0.3) is 22.4 Å². The van der Waals surface area contributed by atoms with Crippen LogP contribution in [0, 0.1) is 5.92 Å². The van der Waals surface area contributed by atoms with Gasteiger partial charge >= 0.3 is 12.2 Å². The number of methoxy groups -OCH3 is 1. The van der Waals surface area contributed by atoms with Crippen LogP contribution in [0.4, 0.5) is 19.7 Å². The number of carbonyl (C=O) groups excluding carboxylic acids is 3. The Morgan fingerprint density at radius 1 is 0.936 bits per heavy atom. The normalized spacial score (nSPS) is 24.0. The van der Waals surface area contributed by atoms with Crippen LogP contribution in [0.1, 0.15) is 78.2 Å². The molecule has 3 aromatic rings. The predicted octanol–water partition coefficient (Wildman–Crippen LogP) is 7.90. The Morgan fingerprint density at radius 3 is 2.19 bits per heavy atom. The molecule has 0 unspecified atom stereocenters. The third kappa shape index (κ3) is 8.47. The van der Waals surface area contributed by atoms with Gasteiger partial charge in [0.05, 0.1) is 30.2 Å². The number of aromatic nitrogens is 1. The molecule has 2 saturated carbocycles. The first-order valence-electron chi connectivity index (χ1n) is 16.2. The minimum Gasteiger partial charge on any atom is -0.453 e. The third-order valence-corrected chi connectivity index (χ3v) is 9.12. The van der Waals surface area contributed by atoms with E-state index < -0.39 is 29.5 Å². The number of nitrogens with zero attached hydrogens (tertiary/aromatic N) is 1. The molecule has 9 nitrogen and oxygen atoms in total. The number of alkyl carbamates (subject to hydrolysis) is 2. The second-order valence-electron chi connectivity index (χ2n) is 14.2. The summed E-state index contributed by atoms with van der Waals surface area (Å²) in [5.74, 6) is 0.144. The molecule has 2 aliphatic rings. The lowest BCUT2D eigenvalue weighted by Gasteiger charge is -2.45. The topological polar surface area (TPSA) is 119 Å². The number of nitrogens with one attached hydrogen (secondary N) is 3. The maximum Gasteiger partial charge on any atom is 0.408 e. The summed E-state index contributed by atoms with van der Waals surface area (Å²) in [5, 5.41) is 8.89. The number of hydrogen-bond donors (Lipinski definition) is 3. The standard InChI is InChI=1S/C37H45FN4O5/c1-35(2,3)47-34(45)42-37(21-28(38)22-37)27-13-11-26(12-14-27)32-30(25-9-7-6-8-10-25)20-29(23-39-32)40-31(43)19-24-15-17-36(4,18-16-24)41-33(44)46-5/h6-14,20,23-24,28H,15-19,21-22H2,1-5H3,(H,40,43)(H,41,44)(H,42,45). The number of pyridine rings is 1. The van der Waals surface area contributed by atoms with Gasteiger partial charge in [-0.2, -0.15) is 0 Å². The van der Waals surface area contributed by atoms with E-state index in [1.165, 1.54) is 7.11 Å². The van der Waals surface area contributed by atoms with Crippen molar-refractivity contribution in [3.05, 3.63) is 72.4 Å². The lowest BCUT2D eigenvalue weighted by Crippen LogP contribution is -2.56. The molecule has 0 spiro atoms. The van der Waals surface area contributed by atoms with E-state index in [1.807, 2.05) is 67.6 Å². The molecule has 0 saturated heterocycles. The summed E-state index contributed by atoms with van der Waals surface area (Å²) in [6, 6.07) is 19.4. The van der Waals surface area contributed by atoms with Crippen molar-refractivity contribution >= 4 is 23.8 Å². The molecule has 5 rings (SSSR count). The molecule has 2 aliphatic carbocycles. The van der Waals surface area contributed by atoms with Crippen molar-refractivity contribution in [1.82, 2.24) is 15.6 Å². The van der Waals surface area contributed by atoms with Gasteiger partial charge in [-0.3, -0.25) is 9.78 Å². The first-order chi connectivity index (χ1) is 22.3. The van der Waals surface area contributed by atoms with Crippen LogP contribution in [0.2, 0.25) is 0 Å². The van der Waals surface area contributed by atoms with Crippen molar-refractivity contribution < 1.29 is 28.2 Å². The summed E-state index contributed by atoms with van der Waals surface area (Å²) in [6.45, 7) is 7.39. The average Bonchev–Trinajstić information content (AvgIpc) is 3.01. The van der Waals surface area contributed by atoms with Crippen LogP contribution in [0.15, 0.2) is 66.9 Å². The number of amides is 3. The lowest BCUT2D eigenvalue weighted by molar-refractivity contribution is -0.117. The Hall–Kier alpha value is -4.47.